The van der Waals surface area contributed by atoms with Gasteiger partial charge in [0.05, 0.1) is 0 Å². The summed E-state index contributed by atoms with van der Waals surface area (Å²) in [6.45, 7) is 3.76. The van der Waals surface area contributed by atoms with Crippen molar-refractivity contribution in [3.8, 4) is 0 Å². The number of fused-ring (bicyclic) bond motifs is 1. The fraction of sp³-hybridized carbons (Fsp3) is 1.00. The van der Waals surface area contributed by atoms with Crippen molar-refractivity contribution in [2.75, 3.05) is 0 Å². The zero-order valence-electron chi connectivity index (χ0n) is 7.89. The van der Waals surface area contributed by atoms with E-state index in [0.717, 1.165) is 0 Å². The van der Waals surface area contributed by atoms with Crippen LogP contribution in [0.3, 0.4) is 0 Å². The Morgan fingerprint density at radius 1 is 1.38 bits per heavy atom. The molecule has 0 radical (unpaired) electrons. The fourth-order valence-corrected chi connectivity index (χ4v) is 3.68. The Balaban J connectivity index is 2.11. The summed E-state index contributed by atoms with van der Waals surface area (Å²) in [6.07, 6.45) is 0.722. The molecular formula is C9H15F2NS. The van der Waals surface area contributed by atoms with Gasteiger partial charge in [-0.25, -0.2) is 8.78 Å². The van der Waals surface area contributed by atoms with Gasteiger partial charge in [0.15, 0.2) is 0 Å². The standard InChI is InChI=1S/C9H15F2NS/c1-5-3-7-6(2)12-13-8(7)4-9(5,10)11/h5-8,12H,3-4H2,1-2H3. The SMILES string of the molecule is CC1NSC2CC(F)(F)C(C)CC12. The zero-order valence-corrected chi connectivity index (χ0v) is 8.70. The average Bonchev–Trinajstić information content (AvgIpc) is 2.34. The lowest BCUT2D eigenvalue weighted by Gasteiger charge is -2.36. The summed E-state index contributed by atoms with van der Waals surface area (Å²) in [4.78, 5) is 0. The molecule has 0 amide bonds. The third-order valence-corrected chi connectivity index (χ3v) is 4.67. The van der Waals surface area contributed by atoms with E-state index in [0.29, 0.717) is 18.4 Å². The molecule has 76 valence electrons. The summed E-state index contributed by atoms with van der Waals surface area (Å²) in [5.41, 5.74) is 0. The summed E-state index contributed by atoms with van der Waals surface area (Å²) in [5, 5.41) is 0.126. The quantitative estimate of drug-likeness (QED) is 0.613. The van der Waals surface area contributed by atoms with E-state index in [9.17, 15) is 8.78 Å². The molecule has 4 unspecified atom stereocenters. The van der Waals surface area contributed by atoms with Crippen LogP contribution < -0.4 is 4.72 Å². The molecule has 1 saturated heterocycles. The van der Waals surface area contributed by atoms with Gasteiger partial charge in [-0.1, -0.05) is 18.9 Å². The van der Waals surface area contributed by atoms with E-state index >= 15 is 0 Å². The van der Waals surface area contributed by atoms with Crippen LogP contribution in [0.2, 0.25) is 0 Å². The van der Waals surface area contributed by atoms with Gasteiger partial charge >= 0.3 is 0 Å². The first kappa shape index (κ1) is 9.71. The van der Waals surface area contributed by atoms with Gasteiger partial charge in [0.2, 0.25) is 0 Å². The molecule has 2 aliphatic rings. The molecule has 2 rings (SSSR count). The highest BCUT2D eigenvalue weighted by Crippen LogP contribution is 2.48. The molecule has 0 bridgehead atoms. The monoisotopic (exact) mass is 207 g/mol. The maximum Gasteiger partial charge on any atom is 0.251 e. The second-order valence-corrected chi connectivity index (χ2v) is 5.41. The first-order valence-corrected chi connectivity index (χ1v) is 5.67. The molecule has 1 aliphatic carbocycles. The highest BCUT2D eigenvalue weighted by atomic mass is 32.2. The minimum atomic E-state index is -2.44. The average molecular weight is 207 g/mol. The van der Waals surface area contributed by atoms with Gasteiger partial charge in [0.25, 0.3) is 5.92 Å². The second kappa shape index (κ2) is 3.09. The Hall–Kier alpha value is 0.170. The first-order chi connectivity index (χ1) is 6.00. The predicted octanol–water partition coefficient (Wildman–Crippen LogP) is 2.68. The molecule has 1 aliphatic heterocycles. The van der Waals surface area contributed by atoms with Crippen LogP contribution in [0.4, 0.5) is 8.78 Å². The van der Waals surface area contributed by atoms with Crippen LogP contribution in [0.1, 0.15) is 26.7 Å². The van der Waals surface area contributed by atoms with Crippen LogP contribution in [-0.4, -0.2) is 17.2 Å². The van der Waals surface area contributed by atoms with Crippen molar-refractivity contribution in [2.45, 2.75) is 43.9 Å². The Morgan fingerprint density at radius 3 is 2.77 bits per heavy atom. The number of alkyl halides is 2. The van der Waals surface area contributed by atoms with Gasteiger partial charge in [0, 0.05) is 23.6 Å². The Labute approximate surface area is 81.8 Å². The van der Waals surface area contributed by atoms with Crippen molar-refractivity contribution in [3.63, 3.8) is 0 Å². The molecule has 4 heteroatoms. The van der Waals surface area contributed by atoms with E-state index in [4.69, 9.17) is 0 Å². The number of rotatable bonds is 0. The smallest absolute Gasteiger partial charge is 0.251 e. The molecule has 13 heavy (non-hydrogen) atoms. The predicted molar refractivity (Wildman–Crippen MR) is 50.8 cm³/mol. The van der Waals surface area contributed by atoms with Crippen LogP contribution in [0.5, 0.6) is 0 Å². The molecular weight excluding hydrogens is 192 g/mol. The molecule has 0 aromatic carbocycles. The first-order valence-electron chi connectivity index (χ1n) is 4.79. The van der Waals surface area contributed by atoms with Crippen LogP contribution in [0, 0.1) is 11.8 Å². The van der Waals surface area contributed by atoms with Crippen molar-refractivity contribution in [1.29, 1.82) is 0 Å². The van der Waals surface area contributed by atoms with Gasteiger partial charge in [-0.3, -0.25) is 4.72 Å². The normalized spacial score (nSPS) is 48.9. The molecule has 1 nitrogen and oxygen atoms in total. The molecule has 0 spiro atoms. The Morgan fingerprint density at radius 2 is 2.08 bits per heavy atom. The number of hydrogen-bond acceptors (Lipinski definition) is 2. The molecule has 0 aromatic heterocycles. The number of halogens is 2. The summed E-state index contributed by atoms with van der Waals surface area (Å²) in [6, 6.07) is 0.397. The molecule has 2 fully saturated rings. The maximum absolute atomic E-state index is 13.3. The van der Waals surface area contributed by atoms with Gasteiger partial charge in [0.1, 0.15) is 0 Å². The van der Waals surface area contributed by atoms with E-state index in [1.165, 1.54) is 11.9 Å². The minimum Gasteiger partial charge on any atom is -0.261 e. The van der Waals surface area contributed by atoms with E-state index in [2.05, 4.69) is 11.6 Å². The zero-order chi connectivity index (χ0) is 9.64. The lowest BCUT2D eigenvalue weighted by atomic mass is 9.76. The van der Waals surface area contributed by atoms with Gasteiger partial charge < -0.3 is 0 Å². The van der Waals surface area contributed by atoms with E-state index in [1.807, 2.05) is 0 Å². The van der Waals surface area contributed by atoms with E-state index in [-0.39, 0.29) is 11.7 Å². The summed E-state index contributed by atoms with van der Waals surface area (Å²) in [7, 11) is 0. The van der Waals surface area contributed by atoms with Crippen molar-refractivity contribution in [3.05, 3.63) is 0 Å². The van der Waals surface area contributed by atoms with Crippen LogP contribution in [-0.2, 0) is 0 Å². The molecule has 4 atom stereocenters. The summed E-state index contributed by atoms with van der Waals surface area (Å²) < 4.78 is 29.8. The lowest BCUT2D eigenvalue weighted by molar-refractivity contribution is -0.0882. The van der Waals surface area contributed by atoms with Crippen LogP contribution >= 0.6 is 11.9 Å². The van der Waals surface area contributed by atoms with E-state index in [1.54, 1.807) is 6.92 Å². The van der Waals surface area contributed by atoms with Crippen molar-refractivity contribution < 1.29 is 8.78 Å². The fourth-order valence-electron chi connectivity index (χ4n) is 2.29. The van der Waals surface area contributed by atoms with Gasteiger partial charge in [-0.2, -0.15) is 0 Å². The third kappa shape index (κ3) is 1.59. The second-order valence-electron chi connectivity index (χ2n) is 4.33. The van der Waals surface area contributed by atoms with Gasteiger partial charge in [-0.15, -0.1) is 0 Å². The lowest BCUT2D eigenvalue weighted by Crippen LogP contribution is -2.41. The van der Waals surface area contributed by atoms with Crippen LogP contribution in [0.15, 0.2) is 0 Å². The largest absolute Gasteiger partial charge is 0.261 e. The topological polar surface area (TPSA) is 12.0 Å². The summed E-state index contributed by atoms with van der Waals surface area (Å²) in [5.74, 6) is -2.45. The van der Waals surface area contributed by atoms with Crippen LogP contribution in [0.25, 0.3) is 0 Å². The molecule has 1 saturated carbocycles. The van der Waals surface area contributed by atoms with E-state index < -0.39 is 11.8 Å². The Bertz CT molecular complexity index is 210. The van der Waals surface area contributed by atoms with Gasteiger partial charge in [-0.05, 0) is 19.3 Å². The van der Waals surface area contributed by atoms with Crippen molar-refractivity contribution in [2.24, 2.45) is 11.8 Å². The third-order valence-electron chi connectivity index (χ3n) is 3.35. The maximum atomic E-state index is 13.3. The number of nitrogens with one attached hydrogen (secondary N) is 1. The molecule has 0 aromatic rings. The number of hydrogen-bond donors (Lipinski definition) is 1. The highest BCUT2D eigenvalue weighted by molar-refractivity contribution is 7.98. The summed E-state index contributed by atoms with van der Waals surface area (Å²) >= 11 is 1.51. The minimum absolute atomic E-state index is 0.0564. The molecule has 1 N–H and O–H groups in total. The molecule has 1 heterocycles. The Kier molecular flexibility index (Phi) is 2.31. The van der Waals surface area contributed by atoms with Crippen molar-refractivity contribution in [1.82, 2.24) is 4.72 Å². The van der Waals surface area contributed by atoms with Crippen molar-refractivity contribution >= 4 is 11.9 Å². The highest BCUT2D eigenvalue weighted by Gasteiger charge is 2.50.